The maximum Gasteiger partial charge on any atom is 0.408 e. The van der Waals surface area contributed by atoms with Gasteiger partial charge in [-0.15, -0.1) is 0 Å². The Hall–Kier alpha value is -1.46. The summed E-state index contributed by atoms with van der Waals surface area (Å²) < 4.78 is 5.20. The molecule has 0 aromatic rings. The van der Waals surface area contributed by atoms with E-state index >= 15 is 0 Å². The minimum Gasteiger partial charge on any atom is -0.465 e. The largest absolute Gasteiger partial charge is 0.465 e. The third kappa shape index (κ3) is 4.43. The molecule has 0 atom stereocenters. The molecular formula is C12H22N2O4. The Balaban J connectivity index is 2.48. The minimum absolute atomic E-state index is 0.395. The van der Waals surface area contributed by atoms with Crippen LogP contribution in [0.2, 0.25) is 0 Å². The topological polar surface area (TPSA) is 78.9 Å². The van der Waals surface area contributed by atoms with Gasteiger partial charge in [0.25, 0.3) is 0 Å². The van der Waals surface area contributed by atoms with Crippen LogP contribution in [0, 0.1) is 0 Å². The highest BCUT2D eigenvalue weighted by atomic mass is 16.6. The fraction of sp³-hybridized carbons (Fsp3) is 0.833. The molecule has 0 saturated carbocycles. The van der Waals surface area contributed by atoms with E-state index in [0.717, 1.165) is 0 Å². The first-order valence-corrected chi connectivity index (χ1v) is 6.10. The van der Waals surface area contributed by atoms with Gasteiger partial charge in [-0.3, -0.25) is 0 Å². The van der Waals surface area contributed by atoms with E-state index in [1.165, 1.54) is 4.90 Å². The quantitative estimate of drug-likeness (QED) is 0.754. The summed E-state index contributed by atoms with van der Waals surface area (Å²) in [5.41, 5.74) is -0.920. The Morgan fingerprint density at radius 1 is 1.28 bits per heavy atom. The lowest BCUT2D eigenvalue weighted by Gasteiger charge is -2.39. The summed E-state index contributed by atoms with van der Waals surface area (Å²) in [6.45, 7) is 8.20. The van der Waals surface area contributed by atoms with Crippen LogP contribution >= 0.6 is 0 Å². The monoisotopic (exact) mass is 258 g/mol. The van der Waals surface area contributed by atoms with Gasteiger partial charge in [0.15, 0.2) is 0 Å². The van der Waals surface area contributed by atoms with Crippen LogP contribution in [0.15, 0.2) is 0 Å². The SMILES string of the molecule is CC1(NC(=O)OC(C)(C)C)CCN(C(=O)O)CC1. The second kappa shape index (κ2) is 5.04. The number of nitrogens with zero attached hydrogens (tertiary/aromatic N) is 1. The number of amides is 2. The van der Waals surface area contributed by atoms with Gasteiger partial charge in [0.05, 0.1) is 0 Å². The molecule has 18 heavy (non-hydrogen) atoms. The number of hydrogen-bond acceptors (Lipinski definition) is 3. The van der Waals surface area contributed by atoms with Crippen molar-refractivity contribution in [3.8, 4) is 0 Å². The predicted octanol–water partition coefficient (Wildman–Crippen LogP) is 2.04. The maximum atomic E-state index is 11.7. The Morgan fingerprint density at radius 2 is 1.78 bits per heavy atom. The summed E-state index contributed by atoms with van der Waals surface area (Å²) in [5, 5.41) is 11.7. The van der Waals surface area contributed by atoms with Crippen molar-refractivity contribution in [3.63, 3.8) is 0 Å². The highest BCUT2D eigenvalue weighted by Crippen LogP contribution is 2.22. The van der Waals surface area contributed by atoms with Crippen LogP contribution in [0.5, 0.6) is 0 Å². The number of ether oxygens (including phenoxy) is 1. The summed E-state index contributed by atoms with van der Waals surface area (Å²) in [4.78, 5) is 23.8. The zero-order valence-corrected chi connectivity index (χ0v) is 11.4. The predicted molar refractivity (Wildman–Crippen MR) is 66.6 cm³/mol. The fourth-order valence-corrected chi connectivity index (χ4v) is 1.87. The van der Waals surface area contributed by atoms with E-state index < -0.39 is 23.3 Å². The van der Waals surface area contributed by atoms with Gasteiger partial charge in [0.1, 0.15) is 5.60 Å². The molecule has 0 aromatic carbocycles. The highest BCUT2D eigenvalue weighted by molar-refractivity contribution is 5.69. The lowest BCUT2D eigenvalue weighted by molar-refractivity contribution is 0.0410. The van der Waals surface area contributed by atoms with Crippen molar-refractivity contribution >= 4 is 12.2 Å². The zero-order chi connectivity index (χ0) is 14.0. The van der Waals surface area contributed by atoms with E-state index in [4.69, 9.17) is 9.84 Å². The van der Waals surface area contributed by atoms with E-state index in [1.807, 2.05) is 27.7 Å². The molecule has 1 aliphatic heterocycles. The van der Waals surface area contributed by atoms with Crippen molar-refractivity contribution in [2.24, 2.45) is 0 Å². The summed E-state index contributed by atoms with van der Waals surface area (Å²) in [5.74, 6) is 0. The number of nitrogens with one attached hydrogen (secondary N) is 1. The second-order valence-corrected chi connectivity index (χ2v) is 5.96. The lowest BCUT2D eigenvalue weighted by atomic mass is 9.90. The van der Waals surface area contributed by atoms with E-state index in [0.29, 0.717) is 25.9 Å². The molecule has 2 amide bonds. The smallest absolute Gasteiger partial charge is 0.408 e. The van der Waals surface area contributed by atoms with Crippen LogP contribution in [-0.2, 0) is 4.74 Å². The molecule has 6 heteroatoms. The standard InChI is InChI=1S/C12H22N2O4/c1-11(2,3)18-9(15)13-12(4)5-7-14(8-6-12)10(16)17/h5-8H2,1-4H3,(H,13,15)(H,16,17). The molecule has 1 rings (SSSR count). The van der Waals surface area contributed by atoms with Crippen molar-refractivity contribution in [3.05, 3.63) is 0 Å². The summed E-state index contributed by atoms with van der Waals surface area (Å²) >= 11 is 0. The van der Waals surface area contributed by atoms with Gasteiger partial charge in [-0.05, 0) is 40.5 Å². The van der Waals surface area contributed by atoms with Gasteiger partial charge in [0, 0.05) is 18.6 Å². The normalized spacial score (nSPS) is 19.2. The molecule has 0 unspecified atom stereocenters. The number of rotatable bonds is 1. The van der Waals surface area contributed by atoms with E-state index in [1.54, 1.807) is 0 Å². The fourth-order valence-electron chi connectivity index (χ4n) is 1.87. The molecule has 0 bridgehead atoms. The number of alkyl carbamates (subject to hydrolysis) is 1. The Labute approximate surface area is 107 Å². The maximum absolute atomic E-state index is 11.7. The molecule has 1 saturated heterocycles. The van der Waals surface area contributed by atoms with Gasteiger partial charge < -0.3 is 20.1 Å². The molecule has 0 radical (unpaired) electrons. The van der Waals surface area contributed by atoms with Gasteiger partial charge in [-0.25, -0.2) is 9.59 Å². The molecule has 1 aliphatic rings. The average Bonchev–Trinajstić information content (AvgIpc) is 2.13. The molecule has 2 N–H and O–H groups in total. The molecule has 1 heterocycles. The molecular weight excluding hydrogens is 236 g/mol. The number of carbonyl (C=O) groups is 2. The highest BCUT2D eigenvalue weighted by Gasteiger charge is 2.34. The van der Waals surface area contributed by atoms with Gasteiger partial charge in [-0.1, -0.05) is 0 Å². The van der Waals surface area contributed by atoms with Crippen molar-refractivity contribution in [2.45, 2.75) is 51.7 Å². The summed E-state index contributed by atoms with van der Waals surface area (Å²) in [7, 11) is 0. The van der Waals surface area contributed by atoms with Crippen molar-refractivity contribution in [1.29, 1.82) is 0 Å². The Bertz CT molecular complexity index is 327. The van der Waals surface area contributed by atoms with Crippen molar-refractivity contribution in [1.82, 2.24) is 10.2 Å². The van der Waals surface area contributed by atoms with E-state index in [9.17, 15) is 9.59 Å². The molecule has 0 spiro atoms. The number of carbonyl (C=O) groups excluding carboxylic acids is 1. The van der Waals surface area contributed by atoms with E-state index in [-0.39, 0.29) is 0 Å². The minimum atomic E-state index is -0.908. The average molecular weight is 258 g/mol. The van der Waals surface area contributed by atoms with Gasteiger partial charge >= 0.3 is 12.2 Å². The molecule has 0 aliphatic carbocycles. The van der Waals surface area contributed by atoms with Crippen LogP contribution in [0.1, 0.15) is 40.5 Å². The number of piperidine rings is 1. The first kappa shape index (κ1) is 14.6. The number of carboxylic acid groups (broad SMARTS) is 1. The first-order chi connectivity index (χ1) is 8.11. The third-order valence-corrected chi connectivity index (χ3v) is 2.94. The van der Waals surface area contributed by atoms with Crippen molar-refractivity contribution < 1.29 is 19.4 Å². The van der Waals surface area contributed by atoms with Gasteiger partial charge in [0.2, 0.25) is 0 Å². The summed E-state index contributed by atoms with van der Waals surface area (Å²) in [6, 6.07) is 0. The van der Waals surface area contributed by atoms with Crippen LogP contribution in [0.4, 0.5) is 9.59 Å². The molecule has 1 fully saturated rings. The Morgan fingerprint density at radius 3 is 2.17 bits per heavy atom. The van der Waals surface area contributed by atoms with Crippen LogP contribution in [-0.4, -0.2) is 46.4 Å². The second-order valence-electron chi connectivity index (χ2n) is 5.96. The van der Waals surface area contributed by atoms with Gasteiger partial charge in [-0.2, -0.15) is 0 Å². The Kier molecular flexibility index (Phi) is 4.09. The summed E-state index contributed by atoms with van der Waals surface area (Å²) in [6.07, 6.45) is -0.167. The van der Waals surface area contributed by atoms with E-state index in [2.05, 4.69) is 5.32 Å². The zero-order valence-electron chi connectivity index (χ0n) is 11.4. The molecule has 6 nitrogen and oxygen atoms in total. The third-order valence-electron chi connectivity index (χ3n) is 2.94. The first-order valence-electron chi connectivity index (χ1n) is 6.10. The van der Waals surface area contributed by atoms with Crippen LogP contribution < -0.4 is 5.32 Å². The van der Waals surface area contributed by atoms with Crippen molar-refractivity contribution in [2.75, 3.05) is 13.1 Å². The molecule has 104 valence electrons. The molecule has 0 aromatic heterocycles. The van der Waals surface area contributed by atoms with Crippen LogP contribution in [0.3, 0.4) is 0 Å². The number of hydrogen-bond donors (Lipinski definition) is 2. The number of likely N-dealkylation sites (tertiary alicyclic amines) is 1. The lowest BCUT2D eigenvalue weighted by Crippen LogP contribution is -2.55. The van der Waals surface area contributed by atoms with Crippen LogP contribution in [0.25, 0.3) is 0 Å².